The average Bonchev–Trinajstić information content (AvgIpc) is 2.61. The predicted octanol–water partition coefficient (Wildman–Crippen LogP) is 2.97. The minimum atomic E-state index is -1.34. The highest BCUT2D eigenvalue weighted by Crippen LogP contribution is 2.18. The fraction of sp³-hybridized carbons (Fsp3) is 0.211. The Hall–Kier alpha value is -3.35. The second-order valence-corrected chi connectivity index (χ2v) is 5.59. The Bertz CT molecular complexity index is 826. The molecule has 2 rings (SSSR count). The zero-order chi connectivity index (χ0) is 19.1. The third-order valence-electron chi connectivity index (χ3n) is 3.77. The molecule has 0 saturated carbocycles. The van der Waals surface area contributed by atoms with Crippen LogP contribution in [0.4, 0.5) is 0 Å². The Labute approximate surface area is 149 Å². The number of hydrogen-bond acceptors (Lipinski definition) is 5. The van der Waals surface area contributed by atoms with Crippen LogP contribution in [0.1, 0.15) is 49.5 Å². The SMILES string of the molecule is O=C(O)c1ccccc1CCCCOC(=O)c1ccc(O)cc1C(=O)O. The molecular weight excluding hydrogens is 340 g/mol. The molecule has 0 spiro atoms. The first-order chi connectivity index (χ1) is 12.4. The summed E-state index contributed by atoms with van der Waals surface area (Å²) in [5, 5.41) is 27.5. The fourth-order valence-electron chi connectivity index (χ4n) is 2.49. The van der Waals surface area contributed by atoms with E-state index in [2.05, 4.69) is 0 Å². The monoisotopic (exact) mass is 358 g/mol. The van der Waals surface area contributed by atoms with Gasteiger partial charge in [-0.3, -0.25) is 0 Å². The van der Waals surface area contributed by atoms with Gasteiger partial charge >= 0.3 is 17.9 Å². The highest BCUT2D eigenvalue weighted by molar-refractivity contribution is 6.02. The van der Waals surface area contributed by atoms with Gasteiger partial charge in [0.15, 0.2) is 0 Å². The zero-order valence-corrected chi connectivity index (χ0v) is 13.8. The second kappa shape index (κ2) is 8.66. The molecule has 0 radical (unpaired) electrons. The van der Waals surface area contributed by atoms with Crippen molar-refractivity contribution in [1.82, 2.24) is 0 Å². The highest BCUT2D eigenvalue weighted by Gasteiger charge is 2.18. The maximum atomic E-state index is 12.0. The number of hydrogen-bond donors (Lipinski definition) is 3. The Morgan fingerprint density at radius 3 is 2.23 bits per heavy atom. The van der Waals surface area contributed by atoms with Crippen molar-refractivity contribution >= 4 is 17.9 Å². The lowest BCUT2D eigenvalue weighted by Gasteiger charge is -2.08. The topological polar surface area (TPSA) is 121 Å². The van der Waals surface area contributed by atoms with E-state index in [1.807, 2.05) is 0 Å². The first-order valence-corrected chi connectivity index (χ1v) is 7.94. The normalized spacial score (nSPS) is 10.3. The van der Waals surface area contributed by atoms with Crippen LogP contribution in [-0.4, -0.2) is 39.8 Å². The molecule has 0 aliphatic heterocycles. The molecule has 0 aromatic heterocycles. The van der Waals surface area contributed by atoms with Crippen molar-refractivity contribution in [3.63, 3.8) is 0 Å². The molecule has 136 valence electrons. The number of rotatable bonds is 8. The number of carboxylic acids is 2. The minimum Gasteiger partial charge on any atom is -0.508 e. The molecule has 0 atom stereocenters. The first-order valence-electron chi connectivity index (χ1n) is 7.94. The number of aryl methyl sites for hydroxylation is 1. The zero-order valence-electron chi connectivity index (χ0n) is 13.8. The van der Waals surface area contributed by atoms with Crippen LogP contribution >= 0.6 is 0 Å². The van der Waals surface area contributed by atoms with E-state index in [0.29, 0.717) is 24.8 Å². The van der Waals surface area contributed by atoms with Crippen molar-refractivity contribution in [3.05, 3.63) is 64.7 Å². The van der Waals surface area contributed by atoms with E-state index in [9.17, 15) is 19.5 Å². The molecule has 2 aromatic carbocycles. The van der Waals surface area contributed by atoms with Crippen molar-refractivity contribution in [1.29, 1.82) is 0 Å². The molecule has 0 aliphatic rings. The van der Waals surface area contributed by atoms with Gasteiger partial charge < -0.3 is 20.1 Å². The maximum absolute atomic E-state index is 12.0. The molecule has 0 unspecified atom stereocenters. The molecule has 0 saturated heterocycles. The van der Waals surface area contributed by atoms with Crippen LogP contribution in [0.15, 0.2) is 42.5 Å². The van der Waals surface area contributed by atoms with E-state index < -0.39 is 17.9 Å². The molecule has 0 fully saturated rings. The van der Waals surface area contributed by atoms with E-state index in [-0.39, 0.29) is 29.0 Å². The summed E-state index contributed by atoms with van der Waals surface area (Å²) in [4.78, 5) is 34.3. The van der Waals surface area contributed by atoms with Gasteiger partial charge in [-0.1, -0.05) is 18.2 Å². The molecule has 0 amide bonds. The Kier molecular flexibility index (Phi) is 6.32. The Morgan fingerprint density at radius 1 is 0.846 bits per heavy atom. The fourth-order valence-corrected chi connectivity index (χ4v) is 2.49. The second-order valence-electron chi connectivity index (χ2n) is 5.59. The number of aromatic carboxylic acids is 2. The quantitative estimate of drug-likeness (QED) is 0.490. The summed E-state index contributed by atoms with van der Waals surface area (Å²) in [6, 6.07) is 10.1. The van der Waals surface area contributed by atoms with Gasteiger partial charge in [0.05, 0.1) is 23.3 Å². The molecule has 3 N–H and O–H groups in total. The van der Waals surface area contributed by atoms with Gasteiger partial charge in [-0.05, 0) is 49.1 Å². The highest BCUT2D eigenvalue weighted by atomic mass is 16.5. The summed E-state index contributed by atoms with van der Waals surface area (Å²) in [5.41, 5.74) is 0.495. The largest absolute Gasteiger partial charge is 0.508 e. The number of carbonyl (C=O) groups is 3. The van der Waals surface area contributed by atoms with Crippen LogP contribution in [0.25, 0.3) is 0 Å². The number of benzene rings is 2. The lowest BCUT2D eigenvalue weighted by molar-refractivity contribution is 0.0488. The van der Waals surface area contributed by atoms with Gasteiger partial charge in [-0.2, -0.15) is 0 Å². The van der Waals surface area contributed by atoms with E-state index in [4.69, 9.17) is 14.9 Å². The molecule has 2 aromatic rings. The van der Waals surface area contributed by atoms with E-state index in [1.54, 1.807) is 18.2 Å². The number of aromatic hydroxyl groups is 1. The smallest absolute Gasteiger partial charge is 0.339 e. The number of esters is 1. The van der Waals surface area contributed by atoms with Crippen LogP contribution in [-0.2, 0) is 11.2 Å². The summed E-state index contributed by atoms with van der Waals surface area (Å²) in [6.07, 6.45) is 1.64. The van der Waals surface area contributed by atoms with Crippen LogP contribution in [0, 0.1) is 0 Å². The molecule has 0 heterocycles. The van der Waals surface area contributed by atoms with Crippen molar-refractivity contribution in [2.75, 3.05) is 6.61 Å². The third-order valence-corrected chi connectivity index (χ3v) is 3.77. The molecule has 26 heavy (non-hydrogen) atoms. The Balaban J connectivity index is 1.87. The van der Waals surface area contributed by atoms with E-state index in [1.165, 1.54) is 18.2 Å². The summed E-state index contributed by atoms with van der Waals surface area (Å²) >= 11 is 0. The maximum Gasteiger partial charge on any atom is 0.339 e. The standard InChI is InChI=1S/C19H18O7/c20-13-8-9-15(16(11-13)18(23)24)19(25)26-10-4-3-6-12-5-1-2-7-14(12)17(21)22/h1-2,5,7-9,11,20H,3-4,6,10H2,(H,21,22)(H,23,24). The summed E-state index contributed by atoms with van der Waals surface area (Å²) in [7, 11) is 0. The molecular formula is C19H18O7. The lowest BCUT2D eigenvalue weighted by atomic mass is 10.0. The van der Waals surface area contributed by atoms with Gasteiger partial charge in [0.25, 0.3) is 0 Å². The number of ether oxygens (including phenoxy) is 1. The summed E-state index contributed by atoms with van der Waals surface area (Å²) < 4.78 is 5.07. The molecule has 0 aliphatic carbocycles. The van der Waals surface area contributed by atoms with Crippen molar-refractivity contribution in [2.45, 2.75) is 19.3 Å². The van der Waals surface area contributed by atoms with Crippen molar-refractivity contribution < 1.29 is 34.4 Å². The number of carboxylic acid groups (broad SMARTS) is 2. The first kappa shape index (κ1) is 19.0. The van der Waals surface area contributed by atoms with Crippen LogP contribution < -0.4 is 0 Å². The number of phenolic OH excluding ortho intramolecular Hbond substituents is 1. The van der Waals surface area contributed by atoms with E-state index >= 15 is 0 Å². The van der Waals surface area contributed by atoms with Gasteiger partial charge in [0.1, 0.15) is 5.75 Å². The van der Waals surface area contributed by atoms with Crippen LogP contribution in [0.2, 0.25) is 0 Å². The van der Waals surface area contributed by atoms with Crippen molar-refractivity contribution in [2.24, 2.45) is 0 Å². The number of unbranched alkanes of at least 4 members (excludes halogenated alkanes) is 1. The van der Waals surface area contributed by atoms with Crippen molar-refractivity contribution in [3.8, 4) is 5.75 Å². The summed E-state index contributed by atoms with van der Waals surface area (Å²) in [6.45, 7) is 0.0774. The van der Waals surface area contributed by atoms with Gasteiger partial charge in [-0.25, -0.2) is 14.4 Å². The number of phenols is 1. The van der Waals surface area contributed by atoms with Crippen LogP contribution in [0.5, 0.6) is 5.75 Å². The average molecular weight is 358 g/mol. The molecule has 7 nitrogen and oxygen atoms in total. The van der Waals surface area contributed by atoms with Crippen LogP contribution in [0.3, 0.4) is 0 Å². The summed E-state index contributed by atoms with van der Waals surface area (Å²) in [5.74, 6) is -3.36. The Morgan fingerprint density at radius 2 is 1.54 bits per heavy atom. The molecule has 0 bridgehead atoms. The molecule has 7 heteroatoms. The van der Waals surface area contributed by atoms with E-state index in [0.717, 1.165) is 6.07 Å². The van der Waals surface area contributed by atoms with Gasteiger partial charge in [0, 0.05) is 0 Å². The van der Waals surface area contributed by atoms with Gasteiger partial charge in [0.2, 0.25) is 0 Å². The lowest BCUT2D eigenvalue weighted by Crippen LogP contribution is -2.12. The van der Waals surface area contributed by atoms with Gasteiger partial charge in [-0.15, -0.1) is 0 Å². The predicted molar refractivity (Wildman–Crippen MR) is 91.7 cm³/mol. The minimum absolute atomic E-state index is 0.0774. The number of carbonyl (C=O) groups excluding carboxylic acids is 1. The third kappa shape index (κ3) is 4.83.